The van der Waals surface area contributed by atoms with Crippen LogP contribution in [0, 0.1) is 6.92 Å². The third-order valence-corrected chi connectivity index (χ3v) is 3.82. The number of fused-ring (bicyclic) bond motifs is 1. The number of aryl methyl sites for hydroxylation is 1. The van der Waals surface area contributed by atoms with E-state index in [0.717, 1.165) is 26.3 Å². The Balaban J connectivity index is 2.82. The van der Waals surface area contributed by atoms with E-state index in [0.29, 0.717) is 0 Å². The number of halogens is 1. The minimum absolute atomic E-state index is 0.740. The van der Waals surface area contributed by atoms with Crippen molar-refractivity contribution in [3.63, 3.8) is 0 Å². The number of rotatable bonds is 1. The molecule has 0 aromatic heterocycles. The summed E-state index contributed by atoms with van der Waals surface area (Å²) in [5.74, 6) is 0. The second-order valence-corrected chi connectivity index (χ2v) is 5.29. The molecule has 0 spiro atoms. The monoisotopic (exact) mass is 238 g/mol. The van der Waals surface area contributed by atoms with E-state index in [1.807, 2.05) is 37.3 Å². The Morgan fingerprint density at radius 2 is 2.00 bits per heavy atom. The molecular weight excluding hydrogens is 228 g/mol. The molecule has 2 aromatic carbocycles. The molecule has 0 radical (unpaired) electrons. The van der Waals surface area contributed by atoms with Crippen molar-refractivity contribution in [2.45, 2.75) is 11.8 Å². The molecule has 78 valence electrons. The number of hydrogen-bond acceptors (Lipinski definition) is 1. The molecule has 3 heteroatoms. The highest BCUT2D eigenvalue weighted by Gasteiger charge is 2.06. The third-order valence-electron chi connectivity index (χ3n) is 2.43. The van der Waals surface area contributed by atoms with Crippen LogP contribution in [0.5, 0.6) is 0 Å². The fourth-order valence-corrected chi connectivity index (χ4v) is 2.73. The summed E-state index contributed by atoms with van der Waals surface area (Å²) in [6.45, 7) is 1.96. The van der Waals surface area contributed by atoms with Gasteiger partial charge in [0.25, 0.3) is 0 Å². The van der Waals surface area contributed by atoms with Crippen molar-refractivity contribution < 1.29 is 4.21 Å². The Labute approximate surface area is 96.5 Å². The van der Waals surface area contributed by atoms with E-state index < -0.39 is 10.8 Å². The molecule has 0 amide bonds. The fourth-order valence-electron chi connectivity index (χ4n) is 1.68. The maximum Gasteiger partial charge on any atom is 0.0501 e. The highest BCUT2D eigenvalue weighted by molar-refractivity contribution is 7.84. The molecule has 2 aromatic rings. The lowest BCUT2D eigenvalue weighted by molar-refractivity contribution is 0.686. The highest BCUT2D eigenvalue weighted by atomic mass is 35.5. The molecule has 0 fully saturated rings. The molecule has 0 bridgehead atoms. The van der Waals surface area contributed by atoms with E-state index in [-0.39, 0.29) is 0 Å². The van der Waals surface area contributed by atoms with E-state index in [4.69, 9.17) is 11.6 Å². The largest absolute Gasteiger partial charge is 0.255 e. The predicted octanol–water partition coefficient (Wildman–Crippen LogP) is 3.54. The van der Waals surface area contributed by atoms with Crippen LogP contribution in [-0.4, -0.2) is 10.5 Å². The fraction of sp³-hybridized carbons (Fsp3) is 0.167. The molecule has 0 N–H and O–H groups in total. The van der Waals surface area contributed by atoms with Gasteiger partial charge in [-0.1, -0.05) is 23.7 Å². The van der Waals surface area contributed by atoms with Gasteiger partial charge in [0.15, 0.2) is 0 Å². The lowest BCUT2D eigenvalue weighted by atomic mass is 10.1. The van der Waals surface area contributed by atoms with Crippen molar-refractivity contribution in [2.24, 2.45) is 0 Å². The molecule has 0 saturated heterocycles. The van der Waals surface area contributed by atoms with Crippen LogP contribution in [0.25, 0.3) is 10.8 Å². The normalized spacial score (nSPS) is 13.0. The van der Waals surface area contributed by atoms with Crippen LogP contribution in [0.4, 0.5) is 0 Å². The lowest BCUT2D eigenvalue weighted by Gasteiger charge is -2.06. The van der Waals surface area contributed by atoms with Gasteiger partial charge in [0.1, 0.15) is 0 Å². The van der Waals surface area contributed by atoms with Gasteiger partial charge in [-0.3, -0.25) is 4.21 Å². The topological polar surface area (TPSA) is 17.1 Å². The molecule has 0 aliphatic heterocycles. The first-order valence-corrected chi connectivity index (χ1v) is 6.55. The number of hydrogen-bond donors (Lipinski definition) is 0. The summed E-state index contributed by atoms with van der Waals surface area (Å²) < 4.78 is 11.5. The van der Waals surface area contributed by atoms with E-state index >= 15 is 0 Å². The van der Waals surface area contributed by atoms with Gasteiger partial charge in [0.05, 0.1) is 10.8 Å². The first-order chi connectivity index (χ1) is 7.09. The lowest BCUT2D eigenvalue weighted by Crippen LogP contribution is -1.92. The van der Waals surface area contributed by atoms with Gasteiger partial charge in [-0.05, 0) is 36.1 Å². The average molecular weight is 239 g/mol. The molecule has 1 atom stereocenters. The van der Waals surface area contributed by atoms with Crippen LogP contribution in [-0.2, 0) is 10.8 Å². The van der Waals surface area contributed by atoms with Crippen molar-refractivity contribution >= 4 is 33.2 Å². The Hall–Kier alpha value is -0.860. The standard InChI is InChI=1S/C12H11ClOS/c1-8-6-10-9(4-3-5-11(10)13)7-12(8)15(2)14/h3-7H,1-2H3. The summed E-state index contributed by atoms with van der Waals surface area (Å²) in [6, 6.07) is 9.70. The summed E-state index contributed by atoms with van der Waals surface area (Å²) in [5, 5.41) is 2.80. The van der Waals surface area contributed by atoms with Crippen molar-refractivity contribution in [2.75, 3.05) is 6.26 Å². The first kappa shape index (κ1) is 10.7. The van der Waals surface area contributed by atoms with Crippen LogP contribution in [0.2, 0.25) is 5.02 Å². The van der Waals surface area contributed by atoms with Crippen LogP contribution in [0.15, 0.2) is 35.2 Å². The van der Waals surface area contributed by atoms with Crippen molar-refractivity contribution in [3.8, 4) is 0 Å². The zero-order chi connectivity index (χ0) is 11.0. The van der Waals surface area contributed by atoms with Gasteiger partial charge in [0.2, 0.25) is 0 Å². The summed E-state index contributed by atoms with van der Waals surface area (Å²) in [6.07, 6.45) is 1.69. The van der Waals surface area contributed by atoms with Crippen molar-refractivity contribution in [3.05, 3.63) is 40.9 Å². The van der Waals surface area contributed by atoms with Crippen LogP contribution >= 0.6 is 11.6 Å². The van der Waals surface area contributed by atoms with Gasteiger partial charge < -0.3 is 0 Å². The van der Waals surface area contributed by atoms with E-state index in [1.165, 1.54) is 0 Å². The highest BCUT2D eigenvalue weighted by Crippen LogP contribution is 2.27. The Kier molecular flexibility index (Phi) is 2.81. The molecule has 0 aliphatic rings. The van der Waals surface area contributed by atoms with Crippen LogP contribution in [0.3, 0.4) is 0 Å². The molecule has 1 unspecified atom stereocenters. The molecule has 1 nitrogen and oxygen atoms in total. The van der Waals surface area contributed by atoms with Gasteiger partial charge >= 0.3 is 0 Å². The molecule has 0 saturated carbocycles. The number of benzene rings is 2. The molecule has 0 heterocycles. The van der Waals surface area contributed by atoms with E-state index in [9.17, 15) is 4.21 Å². The average Bonchev–Trinajstić information content (AvgIpc) is 2.18. The van der Waals surface area contributed by atoms with Crippen LogP contribution < -0.4 is 0 Å². The van der Waals surface area contributed by atoms with Crippen LogP contribution in [0.1, 0.15) is 5.56 Å². The zero-order valence-corrected chi connectivity index (χ0v) is 10.2. The van der Waals surface area contributed by atoms with Gasteiger partial charge in [-0.2, -0.15) is 0 Å². The van der Waals surface area contributed by atoms with Gasteiger partial charge in [-0.15, -0.1) is 0 Å². The van der Waals surface area contributed by atoms with E-state index in [2.05, 4.69) is 0 Å². The summed E-state index contributed by atoms with van der Waals surface area (Å²) in [7, 11) is -0.946. The maximum absolute atomic E-state index is 11.5. The Morgan fingerprint density at radius 1 is 1.27 bits per heavy atom. The quantitative estimate of drug-likeness (QED) is 0.743. The molecule has 2 rings (SSSR count). The van der Waals surface area contributed by atoms with Crippen molar-refractivity contribution in [1.29, 1.82) is 0 Å². The van der Waals surface area contributed by atoms with Gasteiger partial charge in [-0.25, -0.2) is 0 Å². The zero-order valence-electron chi connectivity index (χ0n) is 8.58. The Bertz CT molecular complexity index is 549. The molecular formula is C12H11ClOS. The molecule has 15 heavy (non-hydrogen) atoms. The summed E-state index contributed by atoms with van der Waals surface area (Å²) in [5.41, 5.74) is 1.02. The second kappa shape index (κ2) is 3.95. The third kappa shape index (κ3) is 1.92. The SMILES string of the molecule is Cc1cc2c(Cl)cccc2cc1S(C)=O. The minimum Gasteiger partial charge on any atom is -0.255 e. The Morgan fingerprint density at radius 3 is 2.67 bits per heavy atom. The smallest absolute Gasteiger partial charge is 0.0501 e. The summed E-state index contributed by atoms with van der Waals surface area (Å²) in [4.78, 5) is 0.879. The maximum atomic E-state index is 11.5. The second-order valence-electron chi connectivity index (χ2n) is 3.53. The van der Waals surface area contributed by atoms with Crippen molar-refractivity contribution in [1.82, 2.24) is 0 Å². The summed E-state index contributed by atoms with van der Waals surface area (Å²) >= 11 is 6.09. The van der Waals surface area contributed by atoms with Gasteiger partial charge in [0, 0.05) is 21.6 Å². The van der Waals surface area contributed by atoms with E-state index in [1.54, 1.807) is 6.26 Å². The minimum atomic E-state index is -0.946. The molecule has 0 aliphatic carbocycles. The predicted molar refractivity (Wildman–Crippen MR) is 66.0 cm³/mol. The first-order valence-electron chi connectivity index (χ1n) is 4.62.